The number of aromatic nitrogens is 1. The molecule has 2 N–H and O–H groups in total. The van der Waals surface area contributed by atoms with Gasteiger partial charge in [0.2, 0.25) is 0 Å². The summed E-state index contributed by atoms with van der Waals surface area (Å²) < 4.78 is 37.3. The van der Waals surface area contributed by atoms with Crippen molar-refractivity contribution in [3.8, 4) is 0 Å². The number of halogens is 4. The Balaban J connectivity index is 2.05. The lowest BCUT2D eigenvalue weighted by atomic mass is 10.0. The molecule has 0 unspecified atom stereocenters. The number of nitrogens with zero attached hydrogens (tertiary/aromatic N) is 1. The molecule has 1 fully saturated rings. The molecule has 0 aliphatic heterocycles. The molecule has 19 heavy (non-hydrogen) atoms. The van der Waals surface area contributed by atoms with Crippen LogP contribution in [-0.4, -0.2) is 22.2 Å². The lowest BCUT2D eigenvalue weighted by Crippen LogP contribution is -2.33. The number of hydrogen-bond donors (Lipinski definition) is 2. The van der Waals surface area contributed by atoms with E-state index in [-0.39, 0.29) is 17.4 Å². The van der Waals surface area contributed by atoms with Crippen molar-refractivity contribution in [3.05, 3.63) is 22.8 Å². The average Bonchev–Trinajstić information content (AvgIpc) is 2.74. The molecule has 0 spiro atoms. The number of alkyl halides is 3. The molecule has 1 saturated carbocycles. The summed E-state index contributed by atoms with van der Waals surface area (Å²) in [5.74, 6) is 0.162. The zero-order valence-corrected chi connectivity index (χ0v) is 10.9. The summed E-state index contributed by atoms with van der Waals surface area (Å²) in [6.07, 6.45) is -0.471. The third-order valence-electron chi connectivity index (χ3n) is 3.29. The van der Waals surface area contributed by atoms with E-state index >= 15 is 0 Å². The van der Waals surface area contributed by atoms with E-state index in [1.807, 2.05) is 0 Å². The van der Waals surface area contributed by atoms with Crippen LogP contribution in [0.25, 0.3) is 0 Å². The van der Waals surface area contributed by atoms with Gasteiger partial charge in [-0.25, -0.2) is 4.98 Å². The van der Waals surface area contributed by atoms with Crippen LogP contribution in [0.1, 0.15) is 31.2 Å². The number of aliphatic hydroxyl groups is 1. The first-order valence-electron chi connectivity index (χ1n) is 5.99. The quantitative estimate of drug-likeness (QED) is 0.897. The van der Waals surface area contributed by atoms with E-state index in [4.69, 9.17) is 11.6 Å². The van der Waals surface area contributed by atoms with Crippen LogP contribution in [0.2, 0.25) is 5.02 Å². The summed E-state index contributed by atoms with van der Waals surface area (Å²) in [7, 11) is 0. The molecule has 0 saturated heterocycles. The molecule has 0 amide bonds. The van der Waals surface area contributed by atoms with E-state index in [9.17, 15) is 18.3 Å². The van der Waals surface area contributed by atoms with Crippen molar-refractivity contribution in [3.63, 3.8) is 0 Å². The fourth-order valence-electron chi connectivity index (χ4n) is 2.18. The summed E-state index contributed by atoms with van der Waals surface area (Å²) in [5.41, 5.74) is -1.70. The summed E-state index contributed by atoms with van der Waals surface area (Å²) in [5, 5.41) is 12.8. The Bertz CT molecular complexity index is 459. The van der Waals surface area contributed by atoms with Crippen LogP contribution in [0, 0.1) is 0 Å². The first-order valence-corrected chi connectivity index (χ1v) is 6.37. The second-order valence-electron chi connectivity index (χ2n) is 4.84. The highest BCUT2D eigenvalue weighted by Gasteiger charge is 2.33. The predicted molar refractivity (Wildman–Crippen MR) is 66.2 cm³/mol. The van der Waals surface area contributed by atoms with Gasteiger partial charge < -0.3 is 10.4 Å². The summed E-state index contributed by atoms with van der Waals surface area (Å²) in [4.78, 5) is 3.66. The van der Waals surface area contributed by atoms with Crippen molar-refractivity contribution < 1.29 is 18.3 Å². The molecule has 1 aromatic rings. The average molecular weight is 295 g/mol. The molecule has 0 atom stereocenters. The van der Waals surface area contributed by atoms with Crippen molar-refractivity contribution >= 4 is 17.4 Å². The molecule has 106 valence electrons. The first-order chi connectivity index (χ1) is 8.80. The largest absolute Gasteiger partial charge is 0.417 e. The maximum Gasteiger partial charge on any atom is 0.417 e. The second-order valence-corrected chi connectivity index (χ2v) is 5.24. The van der Waals surface area contributed by atoms with Gasteiger partial charge >= 0.3 is 6.18 Å². The van der Waals surface area contributed by atoms with E-state index in [0.29, 0.717) is 12.8 Å². The van der Waals surface area contributed by atoms with Crippen molar-refractivity contribution in [2.24, 2.45) is 0 Å². The molecule has 0 bridgehead atoms. The van der Waals surface area contributed by atoms with Gasteiger partial charge in [-0.15, -0.1) is 0 Å². The van der Waals surface area contributed by atoms with Gasteiger partial charge in [0.1, 0.15) is 5.82 Å². The van der Waals surface area contributed by atoms with Crippen molar-refractivity contribution in [2.45, 2.75) is 37.5 Å². The predicted octanol–water partition coefficient (Wildman–Crippen LogP) is 3.47. The SMILES string of the molecule is OC1(CNc2ncc(C(F)(F)F)cc2Cl)CCCC1. The Kier molecular flexibility index (Phi) is 3.92. The number of pyridine rings is 1. The van der Waals surface area contributed by atoms with Gasteiger partial charge in [0, 0.05) is 12.7 Å². The van der Waals surface area contributed by atoms with Crippen molar-refractivity contribution in [1.29, 1.82) is 0 Å². The Morgan fingerprint density at radius 2 is 2.00 bits per heavy atom. The molecule has 1 aliphatic rings. The topological polar surface area (TPSA) is 45.1 Å². The number of anilines is 1. The molecule has 0 aromatic carbocycles. The molecule has 1 heterocycles. The highest BCUT2D eigenvalue weighted by Crippen LogP contribution is 2.33. The highest BCUT2D eigenvalue weighted by molar-refractivity contribution is 6.32. The highest BCUT2D eigenvalue weighted by atomic mass is 35.5. The lowest BCUT2D eigenvalue weighted by molar-refractivity contribution is -0.137. The van der Waals surface area contributed by atoms with Crippen molar-refractivity contribution in [1.82, 2.24) is 4.98 Å². The minimum Gasteiger partial charge on any atom is -0.388 e. The maximum atomic E-state index is 12.4. The summed E-state index contributed by atoms with van der Waals surface area (Å²) in [6, 6.07) is 0.829. The molecular weight excluding hydrogens is 281 g/mol. The van der Waals surface area contributed by atoms with Gasteiger partial charge in [-0.3, -0.25) is 0 Å². The Labute approximate surface area is 113 Å². The van der Waals surface area contributed by atoms with Crippen LogP contribution >= 0.6 is 11.6 Å². The molecule has 0 radical (unpaired) electrons. The van der Waals surface area contributed by atoms with E-state index in [2.05, 4.69) is 10.3 Å². The van der Waals surface area contributed by atoms with Gasteiger partial charge in [-0.2, -0.15) is 13.2 Å². The van der Waals surface area contributed by atoms with Gasteiger partial charge in [0.15, 0.2) is 0 Å². The van der Waals surface area contributed by atoms with E-state index < -0.39 is 17.3 Å². The number of rotatable bonds is 3. The fourth-order valence-corrected chi connectivity index (χ4v) is 2.41. The molecule has 2 rings (SSSR count). The van der Waals surface area contributed by atoms with E-state index in [1.165, 1.54) is 0 Å². The summed E-state index contributed by atoms with van der Waals surface area (Å²) in [6.45, 7) is 0.241. The minimum atomic E-state index is -4.46. The molecule has 1 aromatic heterocycles. The minimum absolute atomic E-state index is 0.101. The van der Waals surface area contributed by atoms with Gasteiger partial charge in [-0.1, -0.05) is 24.4 Å². The fraction of sp³-hybridized carbons (Fsp3) is 0.583. The van der Waals surface area contributed by atoms with Crippen LogP contribution in [0.15, 0.2) is 12.3 Å². The third kappa shape index (κ3) is 3.51. The van der Waals surface area contributed by atoms with E-state index in [0.717, 1.165) is 25.1 Å². The van der Waals surface area contributed by atoms with E-state index in [1.54, 1.807) is 0 Å². The maximum absolute atomic E-state index is 12.4. The normalized spacial score (nSPS) is 18.6. The molecular formula is C12H14ClF3N2O. The van der Waals surface area contributed by atoms with Crippen LogP contribution in [0.5, 0.6) is 0 Å². The molecule has 3 nitrogen and oxygen atoms in total. The van der Waals surface area contributed by atoms with Crippen LogP contribution in [-0.2, 0) is 6.18 Å². The van der Waals surface area contributed by atoms with Crippen molar-refractivity contribution in [2.75, 3.05) is 11.9 Å². The zero-order valence-electron chi connectivity index (χ0n) is 10.1. The molecule has 1 aliphatic carbocycles. The van der Waals surface area contributed by atoms with Crippen LogP contribution in [0.4, 0.5) is 19.0 Å². The standard InChI is InChI=1S/C12H14ClF3N2O/c13-9-5-8(12(14,15)16)6-17-10(9)18-7-11(19)3-1-2-4-11/h5-6,19H,1-4,7H2,(H,17,18). The zero-order chi connectivity index (χ0) is 14.1. The number of hydrogen-bond acceptors (Lipinski definition) is 3. The van der Waals surface area contributed by atoms with Gasteiger partial charge in [0.05, 0.1) is 16.2 Å². The van der Waals surface area contributed by atoms with Gasteiger partial charge in [0.25, 0.3) is 0 Å². The Morgan fingerprint density at radius 1 is 1.37 bits per heavy atom. The first kappa shape index (κ1) is 14.4. The van der Waals surface area contributed by atoms with Crippen LogP contribution < -0.4 is 5.32 Å². The Morgan fingerprint density at radius 3 is 2.53 bits per heavy atom. The Hall–Kier alpha value is -1.01. The third-order valence-corrected chi connectivity index (χ3v) is 3.58. The smallest absolute Gasteiger partial charge is 0.388 e. The number of nitrogens with one attached hydrogen (secondary N) is 1. The monoisotopic (exact) mass is 294 g/mol. The summed E-state index contributed by atoms with van der Waals surface area (Å²) >= 11 is 5.76. The second kappa shape index (κ2) is 5.17. The lowest BCUT2D eigenvalue weighted by Gasteiger charge is -2.23. The van der Waals surface area contributed by atoms with Crippen LogP contribution in [0.3, 0.4) is 0 Å². The molecule has 7 heteroatoms. The van der Waals surface area contributed by atoms with Gasteiger partial charge in [-0.05, 0) is 18.9 Å².